The van der Waals surface area contributed by atoms with Crippen molar-refractivity contribution < 1.29 is 12.3 Å². The van der Waals surface area contributed by atoms with Crippen LogP contribution in [0.1, 0.15) is 0 Å². The number of hydrogen-bond donors (Lipinski definition) is 0. The lowest BCUT2D eigenvalue weighted by atomic mass is 10.4. The summed E-state index contributed by atoms with van der Waals surface area (Å²) in [6, 6.07) is 3.72. The van der Waals surface area contributed by atoms with E-state index in [1.54, 1.807) is 0 Å². The van der Waals surface area contributed by atoms with Crippen molar-refractivity contribution in [1.29, 1.82) is 0 Å². The molecule has 66 valence electrons. The van der Waals surface area contributed by atoms with Crippen LogP contribution in [-0.2, 0) is 10.2 Å². The Morgan fingerprint density at radius 3 is 2.25 bits per heavy atom. The maximum atomic E-state index is 12.4. The summed E-state index contributed by atoms with van der Waals surface area (Å²) in [6.45, 7) is 0. The molecule has 1 aromatic carbocycles. The Balaban J connectivity index is 3.47. The number of rotatable bonds is 1. The van der Waals surface area contributed by atoms with E-state index in [0.717, 1.165) is 6.07 Å². The second-order valence-corrected chi connectivity index (χ2v) is 4.09. The molecule has 1 aromatic rings. The van der Waals surface area contributed by atoms with Gasteiger partial charge in [-0.1, -0.05) is 29.3 Å². The highest BCUT2D eigenvalue weighted by molar-refractivity contribution is 7.86. The van der Waals surface area contributed by atoms with Crippen LogP contribution in [0.5, 0.6) is 0 Å². The SMILES string of the molecule is O=S(=O)(F)c1cccc(Cl)c1Cl. The largest absolute Gasteiger partial charge is 0.333 e. The second kappa shape index (κ2) is 3.20. The highest BCUT2D eigenvalue weighted by atomic mass is 35.5. The van der Waals surface area contributed by atoms with E-state index < -0.39 is 15.1 Å². The van der Waals surface area contributed by atoms with E-state index in [1.807, 2.05) is 0 Å². The molecule has 0 aliphatic rings. The molecule has 0 N–H and O–H groups in total. The van der Waals surface area contributed by atoms with E-state index in [4.69, 9.17) is 23.2 Å². The fourth-order valence-electron chi connectivity index (χ4n) is 0.672. The molecule has 0 spiro atoms. The maximum Gasteiger partial charge on any atom is 0.333 e. The third-order valence-corrected chi connectivity index (χ3v) is 2.98. The molecule has 0 saturated heterocycles. The fraction of sp³-hybridized carbons (Fsp3) is 0. The van der Waals surface area contributed by atoms with Gasteiger partial charge in [-0.25, -0.2) is 0 Å². The Bertz CT molecular complexity index is 402. The van der Waals surface area contributed by atoms with Crippen molar-refractivity contribution in [2.45, 2.75) is 4.90 Å². The zero-order valence-corrected chi connectivity index (χ0v) is 7.92. The first-order valence-corrected chi connectivity index (χ1v) is 4.95. The van der Waals surface area contributed by atoms with Crippen LogP contribution in [0.15, 0.2) is 23.1 Å². The van der Waals surface area contributed by atoms with Crippen molar-refractivity contribution in [3.8, 4) is 0 Å². The van der Waals surface area contributed by atoms with Crippen molar-refractivity contribution >= 4 is 33.4 Å². The molecule has 2 nitrogen and oxygen atoms in total. The van der Waals surface area contributed by atoms with Gasteiger partial charge in [0.25, 0.3) is 0 Å². The second-order valence-electron chi connectivity index (χ2n) is 1.99. The van der Waals surface area contributed by atoms with E-state index in [2.05, 4.69) is 0 Å². The van der Waals surface area contributed by atoms with Gasteiger partial charge in [-0.3, -0.25) is 0 Å². The molecule has 0 aromatic heterocycles. The van der Waals surface area contributed by atoms with Crippen molar-refractivity contribution in [3.05, 3.63) is 28.2 Å². The summed E-state index contributed by atoms with van der Waals surface area (Å²) in [4.78, 5) is -0.600. The van der Waals surface area contributed by atoms with Crippen molar-refractivity contribution in [1.82, 2.24) is 0 Å². The van der Waals surface area contributed by atoms with Gasteiger partial charge in [-0.15, -0.1) is 3.89 Å². The smallest absolute Gasteiger partial charge is 0.189 e. The average molecular weight is 229 g/mol. The monoisotopic (exact) mass is 228 g/mol. The van der Waals surface area contributed by atoms with Gasteiger partial charge in [0, 0.05) is 0 Å². The first-order valence-electron chi connectivity index (χ1n) is 2.81. The molecule has 1 rings (SSSR count). The Morgan fingerprint density at radius 2 is 1.83 bits per heavy atom. The van der Waals surface area contributed by atoms with Gasteiger partial charge in [-0.2, -0.15) is 8.42 Å². The Morgan fingerprint density at radius 1 is 1.25 bits per heavy atom. The Kier molecular flexibility index (Phi) is 2.61. The molecule has 0 bridgehead atoms. The summed E-state index contributed by atoms with van der Waals surface area (Å²) in [6.07, 6.45) is 0. The van der Waals surface area contributed by atoms with E-state index >= 15 is 0 Å². The lowest BCUT2D eigenvalue weighted by molar-refractivity contribution is 0.552. The average Bonchev–Trinajstić information content (AvgIpc) is 1.92. The van der Waals surface area contributed by atoms with Crippen LogP contribution >= 0.6 is 23.2 Å². The molecule has 0 aliphatic carbocycles. The highest BCUT2D eigenvalue weighted by Crippen LogP contribution is 2.29. The maximum absolute atomic E-state index is 12.4. The minimum Gasteiger partial charge on any atom is -0.189 e. The summed E-state index contributed by atoms with van der Waals surface area (Å²) < 4.78 is 33.2. The molecule has 6 heteroatoms. The van der Waals surface area contributed by atoms with Crippen molar-refractivity contribution in [2.75, 3.05) is 0 Å². The third-order valence-electron chi connectivity index (χ3n) is 1.18. The first kappa shape index (κ1) is 9.77. The molecule has 0 amide bonds. The first-order chi connectivity index (χ1) is 5.43. The van der Waals surface area contributed by atoms with Crippen LogP contribution < -0.4 is 0 Å². The molecule has 0 aliphatic heterocycles. The van der Waals surface area contributed by atoms with E-state index in [1.165, 1.54) is 12.1 Å². The number of halogens is 3. The van der Waals surface area contributed by atoms with Crippen LogP contribution in [0.2, 0.25) is 10.0 Å². The summed E-state index contributed by atoms with van der Waals surface area (Å²) in [5.41, 5.74) is 0. The van der Waals surface area contributed by atoms with Crippen LogP contribution in [0.25, 0.3) is 0 Å². The molecular weight excluding hydrogens is 226 g/mol. The number of hydrogen-bond acceptors (Lipinski definition) is 2. The molecular formula is C6H3Cl2FO2S. The van der Waals surface area contributed by atoms with Gasteiger partial charge >= 0.3 is 10.2 Å². The number of benzene rings is 1. The van der Waals surface area contributed by atoms with Gasteiger partial charge in [0.05, 0.1) is 10.0 Å². The van der Waals surface area contributed by atoms with Gasteiger partial charge in [0.1, 0.15) is 4.90 Å². The van der Waals surface area contributed by atoms with Crippen LogP contribution in [0.3, 0.4) is 0 Å². The quantitative estimate of drug-likeness (QED) is 0.693. The molecule has 0 saturated carbocycles. The molecule has 0 heterocycles. The minimum atomic E-state index is -4.77. The van der Waals surface area contributed by atoms with Crippen LogP contribution in [0.4, 0.5) is 3.89 Å². The van der Waals surface area contributed by atoms with Gasteiger partial charge in [0.2, 0.25) is 0 Å². The van der Waals surface area contributed by atoms with Crippen LogP contribution in [-0.4, -0.2) is 8.42 Å². The Labute approximate surface area is 79.1 Å². The lowest BCUT2D eigenvalue weighted by Crippen LogP contribution is -1.92. The summed E-state index contributed by atoms with van der Waals surface area (Å²) in [7, 11) is -4.77. The van der Waals surface area contributed by atoms with Gasteiger partial charge in [-0.05, 0) is 12.1 Å². The predicted octanol–water partition coefficient (Wildman–Crippen LogP) is 2.65. The molecule has 12 heavy (non-hydrogen) atoms. The highest BCUT2D eigenvalue weighted by Gasteiger charge is 2.17. The van der Waals surface area contributed by atoms with E-state index in [0.29, 0.717) is 0 Å². The van der Waals surface area contributed by atoms with Gasteiger partial charge < -0.3 is 0 Å². The normalized spacial score (nSPS) is 11.6. The zero-order chi connectivity index (χ0) is 9.35. The summed E-state index contributed by atoms with van der Waals surface area (Å²) in [5, 5.41) is -0.281. The molecule has 0 fully saturated rings. The van der Waals surface area contributed by atoms with Crippen molar-refractivity contribution in [2.24, 2.45) is 0 Å². The van der Waals surface area contributed by atoms with E-state index in [-0.39, 0.29) is 10.0 Å². The third kappa shape index (κ3) is 1.88. The lowest BCUT2D eigenvalue weighted by Gasteiger charge is -1.99. The minimum absolute atomic E-state index is 0.00962. The summed E-state index contributed by atoms with van der Waals surface area (Å²) >= 11 is 10.9. The molecule has 0 unspecified atom stereocenters. The standard InChI is InChI=1S/C6H3Cl2FO2S/c7-4-2-1-3-5(6(4)8)12(9,10)11/h1-3H. The van der Waals surface area contributed by atoms with Crippen molar-refractivity contribution in [3.63, 3.8) is 0 Å². The van der Waals surface area contributed by atoms with E-state index in [9.17, 15) is 12.3 Å². The molecule has 0 radical (unpaired) electrons. The molecule has 0 atom stereocenters. The Hall–Kier alpha value is -0.320. The predicted molar refractivity (Wildman–Crippen MR) is 44.8 cm³/mol. The topological polar surface area (TPSA) is 34.1 Å². The summed E-state index contributed by atoms with van der Waals surface area (Å²) in [5.74, 6) is 0. The van der Waals surface area contributed by atoms with Gasteiger partial charge in [0.15, 0.2) is 0 Å². The van der Waals surface area contributed by atoms with Crippen LogP contribution in [0, 0.1) is 0 Å². The zero-order valence-electron chi connectivity index (χ0n) is 5.59. The fourth-order valence-corrected chi connectivity index (χ4v) is 1.87.